The largest absolute Gasteiger partial charge is 0.378 e. The lowest BCUT2D eigenvalue weighted by molar-refractivity contribution is -0.141. The highest BCUT2D eigenvalue weighted by atomic mass is 16.5. The summed E-state index contributed by atoms with van der Waals surface area (Å²) < 4.78 is 5.26. The molecule has 1 amide bonds. The second kappa shape index (κ2) is 6.29. The molecule has 2 aliphatic rings. The molecule has 2 heterocycles. The fraction of sp³-hybridized carbons (Fsp3) is 0.846. The van der Waals surface area contributed by atoms with Crippen LogP contribution in [0.5, 0.6) is 0 Å². The normalized spacial score (nSPS) is 27.8. The van der Waals surface area contributed by atoms with Crippen LogP contribution in [0.3, 0.4) is 0 Å². The van der Waals surface area contributed by atoms with Gasteiger partial charge in [-0.1, -0.05) is 0 Å². The standard InChI is InChI=1S/C13H22N2O3/c1-11(13(17)14-5-7-18-8-6-14)15-4-2-3-12(9-15)10-16/h10-12H,2-9H2,1H3. The molecule has 2 saturated heterocycles. The number of aldehydes is 1. The lowest BCUT2D eigenvalue weighted by Gasteiger charge is -2.37. The van der Waals surface area contributed by atoms with Crippen molar-refractivity contribution < 1.29 is 14.3 Å². The summed E-state index contributed by atoms with van der Waals surface area (Å²) in [6.07, 6.45) is 2.99. The van der Waals surface area contributed by atoms with Gasteiger partial charge in [0.2, 0.25) is 5.91 Å². The van der Waals surface area contributed by atoms with E-state index in [1.165, 1.54) is 0 Å². The highest BCUT2D eigenvalue weighted by molar-refractivity contribution is 5.81. The Bertz CT molecular complexity index is 303. The third-order valence-corrected chi connectivity index (χ3v) is 3.91. The van der Waals surface area contributed by atoms with Crippen LogP contribution in [0.15, 0.2) is 0 Å². The van der Waals surface area contributed by atoms with Crippen molar-refractivity contribution in [1.82, 2.24) is 9.80 Å². The molecule has 0 bridgehead atoms. The van der Waals surface area contributed by atoms with E-state index in [4.69, 9.17) is 4.74 Å². The second-order valence-corrected chi connectivity index (χ2v) is 5.15. The molecule has 0 radical (unpaired) electrons. The zero-order chi connectivity index (χ0) is 13.0. The number of rotatable bonds is 3. The minimum atomic E-state index is -0.120. The molecule has 2 rings (SSSR count). The van der Waals surface area contributed by atoms with E-state index in [1.807, 2.05) is 11.8 Å². The van der Waals surface area contributed by atoms with Crippen LogP contribution in [-0.4, -0.2) is 67.4 Å². The van der Waals surface area contributed by atoms with Crippen LogP contribution in [0, 0.1) is 5.92 Å². The van der Waals surface area contributed by atoms with Crippen LogP contribution in [-0.2, 0) is 14.3 Å². The van der Waals surface area contributed by atoms with E-state index in [-0.39, 0.29) is 17.9 Å². The van der Waals surface area contributed by atoms with Gasteiger partial charge in [-0.05, 0) is 26.3 Å². The fourth-order valence-electron chi connectivity index (χ4n) is 2.71. The molecule has 2 aliphatic heterocycles. The number of hydrogen-bond acceptors (Lipinski definition) is 4. The Kier molecular flexibility index (Phi) is 4.72. The average Bonchev–Trinajstić information content (AvgIpc) is 2.46. The van der Waals surface area contributed by atoms with E-state index in [0.717, 1.165) is 32.2 Å². The van der Waals surface area contributed by atoms with Crippen molar-refractivity contribution in [1.29, 1.82) is 0 Å². The molecule has 0 N–H and O–H groups in total. The smallest absolute Gasteiger partial charge is 0.239 e. The predicted molar refractivity (Wildman–Crippen MR) is 67.2 cm³/mol. The second-order valence-electron chi connectivity index (χ2n) is 5.15. The molecular formula is C13H22N2O3. The number of ether oxygens (including phenoxy) is 1. The molecule has 2 fully saturated rings. The Balaban J connectivity index is 1.90. The van der Waals surface area contributed by atoms with Crippen LogP contribution >= 0.6 is 0 Å². The summed E-state index contributed by atoms with van der Waals surface area (Å²) in [4.78, 5) is 27.2. The summed E-state index contributed by atoms with van der Waals surface area (Å²) in [5, 5.41) is 0. The van der Waals surface area contributed by atoms with Crippen molar-refractivity contribution in [2.75, 3.05) is 39.4 Å². The monoisotopic (exact) mass is 254 g/mol. The van der Waals surface area contributed by atoms with Gasteiger partial charge in [0.05, 0.1) is 19.3 Å². The third-order valence-electron chi connectivity index (χ3n) is 3.91. The van der Waals surface area contributed by atoms with E-state index in [9.17, 15) is 9.59 Å². The highest BCUT2D eigenvalue weighted by Crippen LogP contribution is 2.18. The Morgan fingerprint density at radius 3 is 2.72 bits per heavy atom. The van der Waals surface area contributed by atoms with Crippen LogP contribution in [0.4, 0.5) is 0 Å². The molecular weight excluding hydrogens is 232 g/mol. The average molecular weight is 254 g/mol. The quantitative estimate of drug-likeness (QED) is 0.673. The van der Waals surface area contributed by atoms with Gasteiger partial charge in [-0.25, -0.2) is 0 Å². The number of nitrogens with zero attached hydrogens (tertiary/aromatic N) is 2. The SMILES string of the molecule is CC(C(=O)N1CCOCC1)N1CCCC(C=O)C1. The maximum atomic E-state index is 12.3. The summed E-state index contributed by atoms with van der Waals surface area (Å²) in [7, 11) is 0. The summed E-state index contributed by atoms with van der Waals surface area (Å²) in [5.41, 5.74) is 0. The molecule has 102 valence electrons. The van der Waals surface area contributed by atoms with E-state index in [2.05, 4.69) is 4.90 Å². The number of morpholine rings is 1. The van der Waals surface area contributed by atoms with Gasteiger partial charge in [0, 0.05) is 25.6 Å². The molecule has 0 aromatic heterocycles. The molecule has 5 heteroatoms. The maximum absolute atomic E-state index is 12.3. The lowest BCUT2D eigenvalue weighted by atomic mass is 9.98. The highest BCUT2D eigenvalue weighted by Gasteiger charge is 2.30. The molecule has 2 atom stereocenters. The van der Waals surface area contributed by atoms with Gasteiger partial charge in [-0.15, -0.1) is 0 Å². The van der Waals surface area contributed by atoms with Crippen molar-refractivity contribution >= 4 is 12.2 Å². The van der Waals surface area contributed by atoms with Crippen molar-refractivity contribution in [3.8, 4) is 0 Å². The molecule has 5 nitrogen and oxygen atoms in total. The van der Waals surface area contributed by atoms with Gasteiger partial charge in [-0.2, -0.15) is 0 Å². The summed E-state index contributed by atoms with van der Waals surface area (Å²) >= 11 is 0. The van der Waals surface area contributed by atoms with Crippen molar-refractivity contribution in [3.63, 3.8) is 0 Å². The summed E-state index contributed by atoms with van der Waals surface area (Å²) in [5.74, 6) is 0.267. The zero-order valence-corrected chi connectivity index (χ0v) is 11.0. The van der Waals surface area contributed by atoms with E-state index < -0.39 is 0 Å². The lowest BCUT2D eigenvalue weighted by Crippen LogP contribution is -2.52. The third kappa shape index (κ3) is 3.09. The Morgan fingerprint density at radius 1 is 1.33 bits per heavy atom. The van der Waals surface area contributed by atoms with Crippen molar-refractivity contribution in [3.05, 3.63) is 0 Å². The van der Waals surface area contributed by atoms with E-state index in [1.54, 1.807) is 0 Å². The van der Waals surface area contributed by atoms with Crippen molar-refractivity contribution in [2.45, 2.75) is 25.8 Å². The summed E-state index contributed by atoms with van der Waals surface area (Å²) in [6.45, 7) is 6.24. The van der Waals surface area contributed by atoms with Gasteiger partial charge < -0.3 is 14.4 Å². The van der Waals surface area contributed by atoms with Crippen LogP contribution < -0.4 is 0 Å². The molecule has 0 aliphatic carbocycles. The first-order valence-electron chi connectivity index (χ1n) is 6.78. The molecule has 0 aromatic rings. The van der Waals surface area contributed by atoms with Crippen molar-refractivity contribution in [2.24, 2.45) is 5.92 Å². The number of carbonyl (C=O) groups is 2. The number of hydrogen-bond donors (Lipinski definition) is 0. The molecule has 0 saturated carbocycles. The fourth-order valence-corrected chi connectivity index (χ4v) is 2.71. The van der Waals surface area contributed by atoms with Gasteiger partial charge in [0.25, 0.3) is 0 Å². The first-order chi connectivity index (χ1) is 8.72. The minimum Gasteiger partial charge on any atom is -0.378 e. The molecule has 0 spiro atoms. The zero-order valence-electron chi connectivity index (χ0n) is 11.0. The number of amides is 1. The Morgan fingerprint density at radius 2 is 2.06 bits per heavy atom. The number of piperidine rings is 1. The molecule has 2 unspecified atom stereocenters. The first-order valence-corrected chi connectivity index (χ1v) is 6.78. The van der Waals surface area contributed by atoms with E-state index in [0.29, 0.717) is 26.3 Å². The molecule has 0 aromatic carbocycles. The summed E-state index contributed by atoms with van der Waals surface area (Å²) in [6, 6.07) is -0.120. The van der Waals surface area contributed by atoms with Gasteiger partial charge in [0.15, 0.2) is 0 Å². The number of carbonyl (C=O) groups excluding carboxylic acids is 2. The van der Waals surface area contributed by atoms with Gasteiger partial charge in [-0.3, -0.25) is 9.69 Å². The number of likely N-dealkylation sites (tertiary alicyclic amines) is 1. The Labute approximate surface area is 108 Å². The van der Waals surface area contributed by atoms with Crippen LogP contribution in [0.25, 0.3) is 0 Å². The maximum Gasteiger partial charge on any atom is 0.239 e. The Hall–Kier alpha value is -0.940. The van der Waals surface area contributed by atoms with Gasteiger partial charge in [0.1, 0.15) is 6.29 Å². The minimum absolute atomic E-state index is 0.0960. The predicted octanol–water partition coefficient (Wildman–Crippen LogP) is 0.145. The van der Waals surface area contributed by atoms with Crippen LogP contribution in [0.2, 0.25) is 0 Å². The van der Waals surface area contributed by atoms with Crippen LogP contribution in [0.1, 0.15) is 19.8 Å². The van der Waals surface area contributed by atoms with Gasteiger partial charge >= 0.3 is 0 Å². The van der Waals surface area contributed by atoms with E-state index >= 15 is 0 Å². The first kappa shape index (κ1) is 13.5. The topological polar surface area (TPSA) is 49.9 Å². The molecule has 18 heavy (non-hydrogen) atoms.